The lowest BCUT2D eigenvalue weighted by Gasteiger charge is -2.13. The number of para-hydroxylation sites is 1. The Kier molecular flexibility index (Phi) is 5.00. The van der Waals surface area contributed by atoms with Crippen molar-refractivity contribution in [2.45, 2.75) is 12.3 Å². The molecule has 2 heterocycles. The molecule has 0 aliphatic carbocycles. The lowest BCUT2D eigenvalue weighted by Crippen LogP contribution is -2.24. The maximum absolute atomic E-state index is 11.8. The third-order valence-corrected chi connectivity index (χ3v) is 6.04. The second-order valence-electron chi connectivity index (χ2n) is 4.44. The number of carbonyl (C=O) groups is 1. The first-order chi connectivity index (χ1) is 10.3. The van der Waals surface area contributed by atoms with E-state index in [1.54, 1.807) is 23.1 Å². The van der Waals surface area contributed by atoms with Gasteiger partial charge in [-0.3, -0.25) is 4.79 Å². The summed E-state index contributed by atoms with van der Waals surface area (Å²) in [5.74, 6) is 1.40. The minimum Gasteiger partial charge on any atom is -0.350 e. The van der Waals surface area contributed by atoms with E-state index in [0.717, 1.165) is 15.8 Å². The van der Waals surface area contributed by atoms with Gasteiger partial charge in [0.25, 0.3) is 0 Å². The van der Waals surface area contributed by atoms with Gasteiger partial charge in [-0.1, -0.05) is 47.8 Å². The van der Waals surface area contributed by atoms with Crippen LogP contribution in [-0.4, -0.2) is 16.0 Å². The van der Waals surface area contributed by atoms with E-state index in [1.165, 1.54) is 22.2 Å². The monoisotopic (exact) mass is 334 g/mol. The van der Waals surface area contributed by atoms with Gasteiger partial charge < -0.3 is 5.32 Å². The number of amides is 1. The minimum atomic E-state index is 0.0514. The minimum absolute atomic E-state index is 0.0514. The Hall–Kier alpha value is -1.24. The summed E-state index contributed by atoms with van der Waals surface area (Å²) in [7, 11) is 0. The number of rotatable bonds is 4. The molecule has 0 unspecified atom stereocenters. The Morgan fingerprint density at radius 1 is 1.29 bits per heavy atom. The van der Waals surface area contributed by atoms with E-state index < -0.39 is 0 Å². The van der Waals surface area contributed by atoms with Crippen molar-refractivity contribution >= 4 is 50.8 Å². The third kappa shape index (κ3) is 4.12. The molecule has 1 amide bonds. The standard InChI is InChI=1S/C15H14N2OS3/c18-14(16-8-12-5-3-7-19-12)10-21-15-17-13-6-2-1-4-11(13)9-20-15/h1-7H,8-10H2,(H,16,18). The van der Waals surface area contributed by atoms with Crippen molar-refractivity contribution in [3.63, 3.8) is 0 Å². The highest BCUT2D eigenvalue weighted by Crippen LogP contribution is 2.34. The lowest BCUT2D eigenvalue weighted by atomic mass is 10.2. The number of hydrogen-bond donors (Lipinski definition) is 1. The fraction of sp³-hybridized carbons (Fsp3) is 0.200. The molecule has 6 heteroatoms. The van der Waals surface area contributed by atoms with Crippen LogP contribution in [-0.2, 0) is 17.1 Å². The summed E-state index contributed by atoms with van der Waals surface area (Å²) in [6.07, 6.45) is 0. The zero-order valence-electron chi connectivity index (χ0n) is 11.2. The Morgan fingerprint density at radius 3 is 3.05 bits per heavy atom. The van der Waals surface area contributed by atoms with Crippen molar-refractivity contribution in [3.8, 4) is 0 Å². The van der Waals surface area contributed by atoms with Gasteiger partial charge in [-0.2, -0.15) is 0 Å². The number of hydrogen-bond acceptors (Lipinski definition) is 5. The van der Waals surface area contributed by atoms with Crippen LogP contribution >= 0.6 is 34.9 Å². The molecule has 2 aromatic rings. The van der Waals surface area contributed by atoms with Crippen LogP contribution in [0.2, 0.25) is 0 Å². The summed E-state index contributed by atoms with van der Waals surface area (Å²) in [5, 5.41) is 4.95. The van der Waals surface area contributed by atoms with E-state index in [9.17, 15) is 4.79 Å². The zero-order chi connectivity index (χ0) is 14.5. The van der Waals surface area contributed by atoms with E-state index in [0.29, 0.717) is 12.3 Å². The molecule has 3 nitrogen and oxygen atoms in total. The molecule has 21 heavy (non-hydrogen) atoms. The van der Waals surface area contributed by atoms with Crippen LogP contribution in [0.25, 0.3) is 0 Å². The summed E-state index contributed by atoms with van der Waals surface area (Å²) in [5.41, 5.74) is 2.28. The highest BCUT2D eigenvalue weighted by molar-refractivity contribution is 8.38. The topological polar surface area (TPSA) is 41.5 Å². The highest BCUT2D eigenvalue weighted by atomic mass is 32.2. The molecule has 0 radical (unpaired) electrons. The molecule has 0 bridgehead atoms. The summed E-state index contributed by atoms with van der Waals surface area (Å²) in [6.45, 7) is 0.611. The Labute approximate surface area is 136 Å². The van der Waals surface area contributed by atoms with Gasteiger partial charge >= 0.3 is 0 Å². The normalized spacial score (nSPS) is 13.4. The molecular formula is C15H14N2OS3. The van der Waals surface area contributed by atoms with Crippen LogP contribution in [0.15, 0.2) is 46.8 Å². The molecule has 0 spiro atoms. The molecule has 108 valence electrons. The highest BCUT2D eigenvalue weighted by Gasteiger charge is 2.13. The number of nitrogens with zero attached hydrogens (tertiary/aromatic N) is 1. The van der Waals surface area contributed by atoms with Gasteiger partial charge in [0.1, 0.15) is 4.38 Å². The first-order valence-corrected chi connectivity index (χ1v) is 9.37. The van der Waals surface area contributed by atoms with E-state index in [1.807, 2.05) is 35.7 Å². The van der Waals surface area contributed by atoms with Gasteiger partial charge in [-0.15, -0.1) is 11.3 Å². The number of thioether (sulfide) groups is 2. The Bertz CT molecular complexity index is 653. The van der Waals surface area contributed by atoms with Crippen molar-refractivity contribution in [2.75, 3.05) is 5.75 Å². The Morgan fingerprint density at radius 2 is 2.19 bits per heavy atom. The first kappa shape index (κ1) is 14.7. The van der Waals surface area contributed by atoms with Gasteiger partial charge in [-0.05, 0) is 23.1 Å². The predicted octanol–water partition coefficient (Wildman–Crippen LogP) is 4.03. The number of carbonyl (C=O) groups excluding carboxylic acids is 1. The van der Waals surface area contributed by atoms with Crippen LogP contribution in [0.1, 0.15) is 10.4 Å². The quantitative estimate of drug-likeness (QED) is 0.918. The fourth-order valence-corrected chi connectivity index (χ4v) is 4.40. The maximum Gasteiger partial charge on any atom is 0.230 e. The van der Waals surface area contributed by atoms with Crippen molar-refractivity contribution in [1.29, 1.82) is 0 Å². The average Bonchev–Trinajstić information content (AvgIpc) is 3.04. The number of benzene rings is 1. The zero-order valence-corrected chi connectivity index (χ0v) is 13.7. The van der Waals surface area contributed by atoms with Crippen LogP contribution in [0.4, 0.5) is 5.69 Å². The van der Waals surface area contributed by atoms with Crippen molar-refractivity contribution in [2.24, 2.45) is 4.99 Å². The van der Waals surface area contributed by atoms with E-state index in [2.05, 4.69) is 16.4 Å². The van der Waals surface area contributed by atoms with E-state index in [-0.39, 0.29) is 5.91 Å². The fourth-order valence-electron chi connectivity index (χ4n) is 1.86. The van der Waals surface area contributed by atoms with Crippen molar-refractivity contribution in [3.05, 3.63) is 52.2 Å². The third-order valence-electron chi connectivity index (χ3n) is 2.92. The van der Waals surface area contributed by atoms with Gasteiger partial charge in [0.2, 0.25) is 5.91 Å². The van der Waals surface area contributed by atoms with Gasteiger partial charge in [0, 0.05) is 10.6 Å². The second-order valence-corrected chi connectivity index (χ2v) is 7.66. The average molecular weight is 334 g/mol. The second kappa shape index (κ2) is 7.15. The number of fused-ring (bicyclic) bond motifs is 1. The number of nitrogens with one attached hydrogen (secondary N) is 1. The van der Waals surface area contributed by atoms with E-state index in [4.69, 9.17) is 0 Å². The van der Waals surface area contributed by atoms with Crippen LogP contribution < -0.4 is 5.32 Å². The molecule has 1 aromatic carbocycles. The summed E-state index contributed by atoms with van der Waals surface area (Å²) in [4.78, 5) is 17.6. The molecular weight excluding hydrogens is 320 g/mol. The smallest absolute Gasteiger partial charge is 0.230 e. The molecule has 1 aromatic heterocycles. The van der Waals surface area contributed by atoms with Gasteiger partial charge in [0.05, 0.1) is 18.0 Å². The van der Waals surface area contributed by atoms with Gasteiger partial charge in [-0.25, -0.2) is 4.99 Å². The van der Waals surface area contributed by atoms with Gasteiger partial charge in [0.15, 0.2) is 0 Å². The van der Waals surface area contributed by atoms with Crippen LogP contribution in [0.5, 0.6) is 0 Å². The van der Waals surface area contributed by atoms with Crippen LogP contribution in [0, 0.1) is 0 Å². The predicted molar refractivity (Wildman–Crippen MR) is 93.5 cm³/mol. The molecule has 3 rings (SSSR count). The molecule has 1 aliphatic heterocycles. The SMILES string of the molecule is O=C(CSC1=Nc2ccccc2CS1)NCc1cccs1. The molecule has 1 N–H and O–H groups in total. The summed E-state index contributed by atoms with van der Waals surface area (Å²) in [6, 6.07) is 12.2. The number of thiophene rings is 1. The lowest BCUT2D eigenvalue weighted by molar-refractivity contribution is -0.118. The first-order valence-electron chi connectivity index (χ1n) is 6.52. The molecule has 0 fully saturated rings. The number of aliphatic imine (C=N–C) groups is 1. The molecule has 0 atom stereocenters. The maximum atomic E-state index is 11.8. The van der Waals surface area contributed by atoms with Crippen molar-refractivity contribution in [1.82, 2.24) is 5.32 Å². The van der Waals surface area contributed by atoms with E-state index >= 15 is 0 Å². The molecule has 1 aliphatic rings. The Balaban J connectivity index is 1.49. The molecule has 0 saturated carbocycles. The van der Waals surface area contributed by atoms with Crippen LogP contribution in [0.3, 0.4) is 0 Å². The van der Waals surface area contributed by atoms with Crippen molar-refractivity contribution < 1.29 is 4.79 Å². The summed E-state index contributed by atoms with van der Waals surface area (Å²) < 4.78 is 0.972. The largest absolute Gasteiger partial charge is 0.350 e. The molecule has 0 saturated heterocycles. The summed E-state index contributed by atoms with van der Waals surface area (Å²) >= 11 is 4.86.